The molecule has 1 amide bonds. The van der Waals surface area contributed by atoms with Gasteiger partial charge in [-0.1, -0.05) is 6.07 Å². The zero-order valence-corrected chi connectivity index (χ0v) is 18.2. The van der Waals surface area contributed by atoms with Gasteiger partial charge in [-0.2, -0.15) is 13.2 Å². The van der Waals surface area contributed by atoms with E-state index in [9.17, 15) is 18.0 Å². The van der Waals surface area contributed by atoms with Gasteiger partial charge >= 0.3 is 6.18 Å². The lowest BCUT2D eigenvalue weighted by Gasteiger charge is -2.30. The lowest BCUT2D eigenvalue weighted by Crippen LogP contribution is -2.40. The summed E-state index contributed by atoms with van der Waals surface area (Å²) in [6.45, 7) is 2.43. The molecule has 7 nitrogen and oxygen atoms in total. The van der Waals surface area contributed by atoms with Crippen LogP contribution >= 0.6 is 0 Å². The van der Waals surface area contributed by atoms with Crippen molar-refractivity contribution < 1.29 is 18.0 Å². The van der Waals surface area contributed by atoms with Crippen LogP contribution in [0.25, 0.3) is 22.2 Å². The standard InChI is InChI=1S/C23H25F3N6O/c1-31-8-2-4-14(13-31)29-22-28-12-18(23(24,25)26)21(30-22)17-11-27-19-10-15(6-7-16(17)19)32-9-3-5-20(32)33/h6-7,10-12,14,27H,2-5,8-9,13H2,1H3,(H,28,29,30)/t14-/m0/s1. The van der Waals surface area contributed by atoms with Crippen LogP contribution in [0.15, 0.2) is 30.6 Å². The Labute approximate surface area is 189 Å². The van der Waals surface area contributed by atoms with Gasteiger partial charge in [-0.15, -0.1) is 0 Å². The predicted molar refractivity (Wildman–Crippen MR) is 120 cm³/mol. The Morgan fingerprint density at radius 2 is 2.06 bits per heavy atom. The van der Waals surface area contributed by atoms with Crippen molar-refractivity contribution in [3.8, 4) is 11.3 Å². The molecule has 2 saturated heterocycles. The highest BCUT2D eigenvalue weighted by atomic mass is 19.4. The minimum absolute atomic E-state index is 0.0559. The number of piperidine rings is 1. The molecule has 1 atom stereocenters. The van der Waals surface area contributed by atoms with Crippen molar-refractivity contribution in [2.75, 3.05) is 36.9 Å². The van der Waals surface area contributed by atoms with Crippen LogP contribution in [-0.4, -0.2) is 58.5 Å². The third-order valence-electron chi connectivity index (χ3n) is 6.36. The number of hydrogen-bond donors (Lipinski definition) is 2. The second kappa shape index (κ2) is 8.33. The molecule has 33 heavy (non-hydrogen) atoms. The van der Waals surface area contributed by atoms with Crippen molar-refractivity contribution in [3.05, 3.63) is 36.2 Å². The van der Waals surface area contributed by atoms with Crippen LogP contribution in [0.5, 0.6) is 0 Å². The van der Waals surface area contributed by atoms with Gasteiger partial charge in [-0.05, 0) is 45.0 Å². The van der Waals surface area contributed by atoms with Crippen LogP contribution in [0.4, 0.5) is 24.8 Å². The molecule has 2 aliphatic heterocycles. The first-order valence-electron chi connectivity index (χ1n) is 11.1. The number of benzene rings is 1. The van der Waals surface area contributed by atoms with Gasteiger partial charge in [0.2, 0.25) is 11.9 Å². The molecule has 0 saturated carbocycles. The zero-order chi connectivity index (χ0) is 23.2. The molecule has 5 rings (SSSR count). The molecule has 2 fully saturated rings. The van der Waals surface area contributed by atoms with E-state index in [0.29, 0.717) is 29.4 Å². The number of carbonyl (C=O) groups is 1. The van der Waals surface area contributed by atoms with Crippen molar-refractivity contribution >= 4 is 28.4 Å². The summed E-state index contributed by atoms with van der Waals surface area (Å²) >= 11 is 0. The van der Waals surface area contributed by atoms with Crippen LogP contribution in [0.1, 0.15) is 31.2 Å². The zero-order valence-electron chi connectivity index (χ0n) is 18.2. The molecule has 2 N–H and O–H groups in total. The van der Waals surface area contributed by atoms with Gasteiger partial charge in [0.05, 0.1) is 5.69 Å². The minimum Gasteiger partial charge on any atom is -0.360 e. The number of carbonyl (C=O) groups excluding carboxylic acids is 1. The number of nitrogens with one attached hydrogen (secondary N) is 2. The fourth-order valence-electron chi connectivity index (χ4n) is 4.73. The molecular weight excluding hydrogens is 433 g/mol. The number of amides is 1. The first kappa shape index (κ1) is 21.7. The van der Waals surface area contributed by atoms with Crippen molar-refractivity contribution in [1.82, 2.24) is 19.9 Å². The van der Waals surface area contributed by atoms with Crippen LogP contribution in [0.2, 0.25) is 0 Å². The third-order valence-corrected chi connectivity index (χ3v) is 6.36. The summed E-state index contributed by atoms with van der Waals surface area (Å²) in [6, 6.07) is 5.40. The Kier molecular flexibility index (Phi) is 5.48. The number of halogens is 3. The molecule has 174 valence electrons. The molecule has 3 aromatic rings. The average molecular weight is 458 g/mol. The number of alkyl halides is 3. The van der Waals surface area contributed by atoms with Crippen molar-refractivity contribution in [1.29, 1.82) is 0 Å². The summed E-state index contributed by atoms with van der Waals surface area (Å²) in [4.78, 5) is 27.3. The van der Waals surface area contributed by atoms with Gasteiger partial charge in [0.15, 0.2) is 0 Å². The Morgan fingerprint density at radius 1 is 1.21 bits per heavy atom. The molecule has 0 spiro atoms. The molecule has 4 heterocycles. The van der Waals surface area contributed by atoms with E-state index in [4.69, 9.17) is 0 Å². The van der Waals surface area contributed by atoms with Gasteiger partial charge in [0.25, 0.3) is 0 Å². The van der Waals surface area contributed by atoms with E-state index in [2.05, 4.69) is 25.2 Å². The Bertz CT molecular complexity index is 1190. The Hall–Kier alpha value is -3.14. The Morgan fingerprint density at radius 3 is 2.79 bits per heavy atom. The normalized spacial score (nSPS) is 20.1. The Balaban J connectivity index is 1.53. The van der Waals surface area contributed by atoms with Crippen LogP contribution in [0.3, 0.4) is 0 Å². The molecule has 1 aromatic carbocycles. The minimum atomic E-state index is -4.59. The molecule has 10 heteroatoms. The fraction of sp³-hybridized carbons (Fsp3) is 0.435. The van der Waals surface area contributed by atoms with Crippen molar-refractivity contribution in [2.24, 2.45) is 0 Å². The number of aromatic nitrogens is 3. The maximum absolute atomic E-state index is 13.8. The van der Waals surface area contributed by atoms with Gasteiger partial charge in [0.1, 0.15) is 5.56 Å². The largest absolute Gasteiger partial charge is 0.419 e. The summed E-state index contributed by atoms with van der Waals surface area (Å²) in [5.41, 5.74) is 0.690. The fourth-order valence-corrected chi connectivity index (χ4v) is 4.73. The third kappa shape index (κ3) is 4.27. The number of likely N-dealkylation sites (N-methyl/N-ethyl adjacent to an activating group) is 1. The molecule has 2 aliphatic rings. The highest BCUT2D eigenvalue weighted by Gasteiger charge is 2.36. The second-order valence-electron chi connectivity index (χ2n) is 8.78. The van der Waals surface area contributed by atoms with E-state index < -0.39 is 11.7 Å². The quantitative estimate of drug-likeness (QED) is 0.611. The molecule has 2 aromatic heterocycles. The van der Waals surface area contributed by atoms with Crippen LogP contribution in [0, 0.1) is 0 Å². The van der Waals surface area contributed by atoms with E-state index in [0.717, 1.165) is 44.2 Å². The number of rotatable bonds is 4. The molecule has 0 aliphatic carbocycles. The van der Waals surface area contributed by atoms with Crippen molar-refractivity contribution in [2.45, 2.75) is 37.9 Å². The average Bonchev–Trinajstić information content (AvgIpc) is 3.38. The summed E-state index contributed by atoms with van der Waals surface area (Å²) in [6.07, 6.45) is 1.03. The maximum Gasteiger partial charge on any atom is 0.419 e. The second-order valence-corrected chi connectivity index (χ2v) is 8.78. The monoisotopic (exact) mass is 458 g/mol. The van der Waals surface area contributed by atoms with E-state index >= 15 is 0 Å². The molecule has 0 unspecified atom stereocenters. The van der Waals surface area contributed by atoms with Crippen LogP contribution in [-0.2, 0) is 11.0 Å². The smallest absolute Gasteiger partial charge is 0.360 e. The molecule has 0 radical (unpaired) electrons. The number of aromatic amines is 1. The highest BCUT2D eigenvalue weighted by Crippen LogP contribution is 2.39. The van der Waals surface area contributed by atoms with Gasteiger partial charge in [-0.25, -0.2) is 9.97 Å². The number of nitrogens with zero attached hydrogens (tertiary/aromatic N) is 4. The first-order chi connectivity index (χ1) is 15.8. The van der Waals surface area contributed by atoms with Gasteiger partial charge in [-0.3, -0.25) is 4.79 Å². The van der Waals surface area contributed by atoms with E-state index in [1.165, 1.54) is 6.20 Å². The summed E-state index contributed by atoms with van der Waals surface area (Å²) < 4.78 is 41.5. The van der Waals surface area contributed by atoms with E-state index in [1.807, 2.05) is 7.05 Å². The van der Waals surface area contributed by atoms with Gasteiger partial charge in [0, 0.05) is 60.1 Å². The van der Waals surface area contributed by atoms with Crippen molar-refractivity contribution in [3.63, 3.8) is 0 Å². The van der Waals surface area contributed by atoms with E-state index in [1.54, 1.807) is 23.1 Å². The number of hydrogen-bond acceptors (Lipinski definition) is 5. The molecule has 0 bridgehead atoms. The number of H-pyrrole nitrogens is 1. The van der Waals surface area contributed by atoms with E-state index in [-0.39, 0.29) is 23.6 Å². The number of anilines is 2. The SMILES string of the molecule is CN1CCC[C@H](Nc2ncc(C(F)(F)F)c(-c3c[nH]c4cc(N5CCCC5=O)ccc34)n2)C1. The number of likely N-dealkylation sites (tertiary alicyclic amines) is 1. The lowest BCUT2D eigenvalue weighted by molar-refractivity contribution is -0.137. The summed E-state index contributed by atoms with van der Waals surface area (Å²) in [7, 11) is 2.02. The number of fused-ring (bicyclic) bond motifs is 1. The lowest BCUT2D eigenvalue weighted by atomic mass is 10.0. The van der Waals surface area contributed by atoms with Gasteiger partial charge < -0.3 is 20.1 Å². The summed E-state index contributed by atoms with van der Waals surface area (Å²) in [5.74, 6) is 0.243. The van der Waals surface area contributed by atoms with Crippen LogP contribution < -0.4 is 10.2 Å². The summed E-state index contributed by atoms with van der Waals surface area (Å²) in [5, 5.41) is 3.82. The molecular formula is C23H25F3N6O. The predicted octanol–water partition coefficient (Wildman–Crippen LogP) is 4.28. The highest BCUT2D eigenvalue weighted by molar-refractivity contribution is 6.01. The topological polar surface area (TPSA) is 77.2 Å². The first-order valence-corrected chi connectivity index (χ1v) is 11.1. The maximum atomic E-state index is 13.8.